The van der Waals surface area contributed by atoms with E-state index in [2.05, 4.69) is 16.7 Å². The number of benzene rings is 2. The van der Waals surface area contributed by atoms with Crippen LogP contribution in [-0.4, -0.2) is 6.03 Å². The Balaban J connectivity index is 2.05. The maximum absolute atomic E-state index is 12.7. The molecule has 2 rings (SSSR count). The molecule has 2 aromatic rings. The second kappa shape index (κ2) is 5.85. The van der Waals surface area contributed by atoms with E-state index >= 15 is 0 Å². The molecule has 0 aromatic heterocycles. The Bertz CT molecular complexity index is 675. The van der Waals surface area contributed by atoms with Gasteiger partial charge in [0.05, 0.1) is 11.6 Å². The lowest BCUT2D eigenvalue weighted by Crippen LogP contribution is -2.19. The van der Waals surface area contributed by atoms with Crippen molar-refractivity contribution in [2.75, 3.05) is 10.6 Å². The van der Waals surface area contributed by atoms with Crippen molar-refractivity contribution in [1.82, 2.24) is 0 Å². The van der Waals surface area contributed by atoms with Crippen LogP contribution in [0.4, 0.5) is 20.6 Å². The molecule has 0 fully saturated rings. The number of hydrogen-bond acceptors (Lipinski definition) is 2. The van der Waals surface area contributed by atoms with E-state index in [1.807, 2.05) is 6.92 Å². The number of carbonyl (C=O) groups is 1. The van der Waals surface area contributed by atoms with E-state index < -0.39 is 6.03 Å². The molecule has 5 heteroatoms. The zero-order valence-corrected chi connectivity index (χ0v) is 10.8. The van der Waals surface area contributed by atoms with Crippen LogP contribution in [0.5, 0.6) is 0 Å². The molecule has 0 atom stereocenters. The van der Waals surface area contributed by atoms with Gasteiger partial charge in [-0.2, -0.15) is 5.26 Å². The largest absolute Gasteiger partial charge is 0.323 e. The van der Waals surface area contributed by atoms with E-state index in [0.29, 0.717) is 16.9 Å². The van der Waals surface area contributed by atoms with Crippen molar-refractivity contribution in [2.45, 2.75) is 6.92 Å². The summed E-state index contributed by atoms with van der Waals surface area (Å²) in [7, 11) is 0. The first-order valence-electron chi connectivity index (χ1n) is 5.93. The number of nitrogens with one attached hydrogen (secondary N) is 2. The highest BCUT2D eigenvalue weighted by Gasteiger charge is 2.05. The maximum Gasteiger partial charge on any atom is 0.323 e. The van der Waals surface area contributed by atoms with Gasteiger partial charge >= 0.3 is 6.03 Å². The predicted molar refractivity (Wildman–Crippen MR) is 74.9 cm³/mol. The first kappa shape index (κ1) is 13.6. The molecule has 2 amide bonds. The van der Waals surface area contributed by atoms with Gasteiger partial charge in [-0.15, -0.1) is 0 Å². The summed E-state index contributed by atoms with van der Waals surface area (Å²) in [6.07, 6.45) is 0. The van der Waals surface area contributed by atoms with E-state index in [0.717, 1.165) is 5.56 Å². The van der Waals surface area contributed by atoms with Gasteiger partial charge in [0.15, 0.2) is 0 Å². The molecule has 4 nitrogen and oxygen atoms in total. The van der Waals surface area contributed by atoms with E-state index in [-0.39, 0.29) is 5.82 Å². The highest BCUT2D eigenvalue weighted by molar-refractivity contribution is 5.99. The molecule has 0 radical (unpaired) electrons. The van der Waals surface area contributed by atoms with E-state index in [1.165, 1.54) is 24.3 Å². The number of nitrogens with zero attached hydrogens (tertiary/aromatic N) is 1. The summed E-state index contributed by atoms with van der Waals surface area (Å²) < 4.78 is 12.7. The lowest BCUT2D eigenvalue weighted by Gasteiger charge is -2.08. The number of halogens is 1. The van der Waals surface area contributed by atoms with Crippen LogP contribution >= 0.6 is 0 Å². The number of nitriles is 1. The highest BCUT2D eigenvalue weighted by atomic mass is 19.1. The Labute approximate surface area is 115 Å². The van der Waals surface area contributed by atoms with Crippen molar-refractivity contribution in [3.8, 4) is 6.07 Å². The highest BCUT2D eigenvalue weighted by Crippen LogP contribution is 2.15. The third-order valence-electron chi connectivity index (χ3n) is 2.72. The van der Waals surface area contributed by atoms with Crippen LogP contribution in [-0.2, 0) is 0 Å². The molecule has 2 N–H and O–H groups in total. The standard InChI is InChI=1S/C15H12FN3O/c1-10-2-5-14(8-11(10)9-17)19-15(20)18-13-6-3-12(16)4-7-13/h2-8H,1H3,(H2,18,19,20). The van der Waals surface area contributed by atoms with E-state index in [9.17, 15) is 9.18 Å². The Morgan fingerprint density at radius 3 is 2.35 bits per heavy atom. The zero-order chi connectivity index (χ0) is 14.5. The van der Waals surface area contributed by atoms with Gasteiger partial charge in [-0.1, -0.05) is 6.07 Å². The van der Waals surface area contributed by atoms with Crippen LogP contribution in [0.1, 0.15) is 11.1 Å². The number of aryl methyl sites for hydroxylation is 1. The minimum Gasteiger partial charge on any atom is -0.308 e. The van der Waals surface area contributed by atoms with Gasteiger partial charge in [-0.05, 0) is 48.9 Å². The average Bonchev–Trinajstić information content (AvgIpc) is 2.43. The fourth-order valence-corrected chi connectivity index (χ4v) is 1.65. The summed E-state index contributed by atoms with van der Waals surface area (Å²) in [6.45, 7) is 1.82. The summed E-state index contributed by atoms with van der Waals surface area (Å²) in [5, 5.41) is 14.1. The Morgan fingerprint density at radius 2 is 1.70 bits per heavy atom. The monoisotopic (exact) mass is 269 g/mol. The molecule has 0 aliphatic carbocycles. The lowest BCUT2D eigenvalue weighted by molar-refractivity contribution is 0.262. The van der Waals surface area contributed by atoms with Gasteiger partial charge in [0.25, 0.3) is 0 Å². The fourth-order valence-electron chi connectivity index (χ4n) is 1.65. The molecule has 0 saturated heterocycles. The van der Waals surface area contributed by atoms with Crippen LogP contribution in [0.2, 0.25) is 0 Å². The molecule has 0 bridgehead atoms. The molecule has 20 heavy (non-hydrogen) atoms. The lowest BCUT2D eigenvalue weighted by atomic mass is 10.1. The molecule has 0 spiro atoms. The predicted octanol–water partition coefficient (Wildman–Crippen LogP) is 3.65. The number of anilines is 2. The molecule has 0 heterocycles. The van der Waals surface area contributed by atoms with Gasteiger partial charge in [-0.25, -0.2) is 9.18 Å². The molecule has 100 valence electrons. The van der Waals surface area contributed by atoms with Crippen molar-refractivity contribution in [3.05, 3.63) is 59.4 Å². The maximum atomic E-state index is 12.7. The number of amides is 2. The van der Waals surface area contributed by atoms with Gasteiger partial charge in [-0.3, -0.25) is 0 Å². The van der Waals surface area contributed by atoms with E-state index in [1.54, 1.807) is 18.2 Å². The van der Waals surface area contributed by atoms with Gasteiger partial charge in [0.2, 0.25) is 0 Å². The van der Waals surface area contributed by atoms with Crippen LogP contribution in [0.15, 0.2) is 42.5 Å². The number of rotatable bonds is 2. The molecular formula is C15H12FN3O. The van der Waals surface area contributed by atoms with Gasteiger partial charge in [0, 0.05) is 11.4 Å². The smallest absolute Gasteiger partial charge is 0.308 e. The van der Waals surface area contributed by atoms with Crippen molar-refractivity contribution in [3.63, 3.8) is 0 Å². The molecule has 0 aliphatic heterocycles. The minimum absolute atomic E-state index is 0.367. The summed E-state index contributed by atoms with van der Waals surface area (Å²) in [6, 6.07) is 12.1. The van der Waals surface area contributed by atoms with Gasteiger partial charge in [0.1, 0.15) is 5.82 Å². The number of carbonyl (C=O) groups excluding carboxylic acids is 1. The van der Waals surface area contributed by atoms with Crippen LogP contribution in [0, 0.1) is 24.1 Å². The molecule has 2 aromatic carbocycles. The third kappa shape index (κ3) is 3.33. The zero-order valence-electron chi connectivity index (χ0n) is 10.8. The molecular weight excluding hydrogens is 257 g/mol. The summed E-state index contributed by atoms with van der Waals surface area (Å²) in [5.41, 5.74) is 2.35. The Hall–Kier alpha value is -2.87. The molecule has 0 aliphatic rings. The molecule has 0 unspecified atom stereocenters. The summed E-state index contributed by atoms with van der Waals surface area (Å²) in [5.74, 6) is -0.367. The third-order valence-corrected chi connectivity index (χ3v) is 2.72. The summed E-state index contributed by atoms with van der Waals surface area (Å²) >= 11 is 0. The Kier molecular flexibility index (Phi) is 3.96. The Morgan fingerprint density at radius 1 is 1.10 bits per heavy atom. The van der Waals surface area contributed by atoms with Crippen LogP contribution in [0.25, 0.3) is 0 Å². The quantitative estimate of drug-likeness (QED) is 0.874. The average molecular weight is 269 g/mol. The second-order valence-corrected chi connectivity index (χ2v) is 4.23. The summed E-state index contributed by atoms with van der Waals surface area (Å²) in [4.78, 5) is 11.8. The first-order valence-corrected chi connectivity index (χ1v) is 5.93. The van der Waals surface area contributed by atoms with E-state index in [4.69, 9.17) is 5.26 Å². The second-order valence-electron chi connectivity index (χ2n) is 4.23. The van der Waals surface area contributed by atoms with Crippen molar-refractivity contribution in [2.24, 2.45) is 0 Å². The van der Waals surface area contributed by atoms with Crippen molar-refractivity contribution < 1.29 is 9.18 Å². The normalized spacial score (nSPS) is 9.65. The number of hydrogen-bond donors (Lipinski definition) is 2. The van der Waals surface area contributed by atoms with Crippen LogP contribution < -0.4 is 10.6 Å². The van der Waals surface area contributed by atoms with Crippen LogP contribution in [0.3, 0.4) is 0 Å². The fraction of sp³-hybridized carbons (Fsp3) is 0.0667. The first-order chi connectivity index (χ1) is 9.58. The van der Waals surface area contributed by atoms with Gasteiger partial charge < -0.3 is 10.6 Å². The number of urea groups is 1. The minimum atomic E-state index is -0.454. The molecule has 0 saturated carbocycles. The topological polar surface area (TPSA) is 64.9 Å². The SMILES string of the molecule is Cc1ccc(NC(=O)Nc2ccc(F)cc2)cc1C#N. The van der Waals surface area contributed by atoms with Crippen molar-refractivity contribution >= 4 is 17.4 Å². The van der Waals surface area contributed by atoms with Crippen molar-refractivity contribution in [1.29, 1.82) is 5.26 Å².